The van der Waals surface area contributed by atoms with Crippen molar-refractivity contribution < 1.29 is 18.7 Å². The Morgan fingerprint density at radius 3 is 2.68 bits per heavy atom. The third-order valence-corrected chi connectivity index (χ3v) is 2.96. The van der Waals surface area contributed by atoms with Gasteiger partial charge < -0.3 is 13.9 Å². The van der Waals surface area contributed by atoms with Gasteiger partial charge in [0.05, 0.1) is 31.0 Å². The Bertz CT molecular complexity index is 689. The summed E-state index contributed by atoms with van der Waals surface area (Å²) in [7, 11) is 2.69. The molecule has 1 heterocycles. The number of fused-ring (bicyclic) bond motifs is 1. The van der Waals surface area contributed by atoms with Crippen LogP contribution in [-0.2, 0) is 10.6 Å². The van der Waals surface area contributed by atoms with Gasteiger partial charge in [-0.15, -0.1) is 11.6 Å². The summed E-state index contributed by atoms with van der Waals surface area (Å²) in [5.74, 6) is -0.303. The summed E-state index contributed by atoms with van der Waals surface area (Å²) in [4.78, 5) is 23.4. The summed E-state index contributed by atoms with van der Waals surface area (Å²) in [5, 5.41) is 0.337. The molecule has 1 aromatic heterocycles. The molecule has 0 bridgehead atoms. The smallest absolute Gasteiger partial charge is 0.374 e. The Kier molecular flexibility index (Phi) is 3.76. The number of alkyl halides is 1. The molecule has 2 rings (SSSR count). The predicted octanol–water partition coefficient (Wildman–Crippen LogP) is 2.33. The molecule has 0 unspecified atom stereocenters. The van der Waals surface area contributed by atoms with E-state index in [-0.39, 0.29) is 22.7 Å². The van der Waals surface area contributed by atoms with Gasteiger partial charge in [0.15, 0.2) is 5.43 Å². The van der Waals surface area contributed by atoms with E-state index in [9.17, 15) is 9.59 Å². The van der Waals surface area contributed by atoms with Crippen molar-refractivity contribution in [3.8, 4) is 5.75 Å². The van der Waals surface area contributed by atoms with Gasteiger partial charge in [-0.3, -0.25) is 4.79 Å². The molecule has 6 heteroatoms. The zero-order valence-electron chi connectivity index (χ0n) is 10.4. The number of hydrogen-bond donors (Lipinski definition) is 0. The van der Waals surface area contributed by atoms with E-state index in [1.807, 2.05) is 0 Å². The molecule has 0 atom stereocenters. The highest BCUT2D eigenvalue weighted by molar-refractivity contribution is 6.18. The van der Waals surface area contributed by atoms with Crippen LogP contribution in [0.1, 0.15) is 16.1 Å². The minimum absolute atomic E-state index is 0.0913. The molecule has 19 heavy (non-hydrogen) atoms. The highest BCUT2D eigenvalue weighted by Gasteiger charge is 2.16. The Labute approximate surface area is 113 Å². The van der Waals surface area contributed by atoms with E-state index in [2.05, 4.69) is 4.74 Å². The fraction of sp³-hybridized carbons (Fsp3) is 0.231. The van der Waals surface area contributed by atoms with Crippen LogP contribution in [0.3, 0.4) is 0 Å². The van der Waals surface area contributed by atoms with Gasteiger partial charge in [-0.2, -0.15) is 0 Å². The third-order valence-electron chi connectivity index (χ3n) is 2.70. The summed E-state index contributed by atoms with van der Waals surface area (Å²) < 4.78 is 15.1. The molecular weight excluding hydrogens is 272 g/mol. The number of benzene rings is 1. The Balaban J connectivity index is 2.83. The first kappa shape index (κ1) is 13.4. The van der Waals surface area contributed by atoms with Crippen LogP contribution in [-0.4, -0.2) is 20.2 Å². The highest BCUT2D eigenvalue weighted by Crippen LogP contribution is 2.28. The zero-order valence-corrected chi connectivity index (χ0v) is 11.1. The second-order valence-corrected chi connectivity index (χ2v) is 3.99. The Morgan fingerprint density at radius 2 is 2.11 bits per heavy atom. The maximum Gasteiger partial charge on any atom is 0.374 e. The van der Waals surface area contributed by atoms with Crippen LogP contribution in [0, 0.1) is 0 Å². The second kappa shape index (κ2) is 5.32. The van der Waals surface area contributed by atoms with Gasteiger partial charge in [-0.1, -0.05) is 0 Å². The molecule has 2 aromatic rings. The molecular formula is C13H11ClO5. The van der Waals surface area contributed by atoms with Crippen molar-refractivity contribution in [2.75, 3.05) is 14.2 Å². The largest absolute Gasteiger partial charge is 0.496 e. The minimum Gasteiger partial charge on any atom is -0.496 e. The van der Waals surface area contributed by atoms with Gasteiger partial charge >= 0.3 is 5.97 Å². The average molecular weight is 283 g/mol. The van der Waals surface area contributed by atoms with E-state index in [1.54, 1.807) is 12.1 Å². The summed E-state index contributed by atoms with van der Waals surface area (Å²) in [5.41, 5.74) is 0.419. The molecule has 0 saturated heterocycles. The number of carbonyl (C=O) groups excluding carboxylic acids is 1. The van der Waals surface area contributed by atoms with Crippen molar-refractivity contribution >= 4 is 28.5 Å². The fourth-order valence-electron chi connectivity index (χ4n) is 1.78. The van der Waals surface area contributed by atoms with Crippen LogP contribution in [0.25, 0.3) is 11.0 Å². The fourth-order valence-corrected chi connectivity index (χ4v) is 2.03. The lowest BCUT2D eigenvalue weighted by Gasteiger charge is -2.09. The molecule has 0 fully saturated rings. The number of carbonyl (C=O) groups is 1. The van der Waals surface area contributed by atoms with Crippen molar-refractivity contribution in [2.45, 2.75) is 5.88 Å². The molecule has 1 aromatic carbocycles. The van der Waals surface area contributed by atoms with E-state index in [0.717, 1.165) is 6.07 Å². The average Bonchev–Trinajstić information content (AvgIpc) is 2.44. The lowest BCUT2D eigenvalue weighted by atomic mass is 10.1. The van der Waals surface area contributed by atoms with Gasteiger partial charge in [0, 0.05) is 6.07 Å². The van der Waals surface area contributed by atoms with E-state index in [4.69, 9.17) is 20.8 Å². The molecule has 0 aliphatic heterocycles. The maximum absolute atomic E-state index is 11.9. The van der Waals surface area contributed by atoms with Gasteiger partial charge in [0.2, 0.25) is 5.76 Å². The maximum atomic E-state index is 11.9. The molecule has 0 aliphatic rings. The highest BCUT2D eigenvalue weighted by atomic mass is 35.5. The van der Waals surface area contributed by atoms with Crippen LogP contribution in [0.4, 0.5) is 0 Å². The summed E-state index contributed by atoms with van der Waals surface area (Å²) >= 11 is 5.85. The molecule has 0 N–H and O–H groups in total. The van der Waals surface area contributed by atoms with Crippen molar-refractivity contribution in [1.29, 1.82) is 0 Å². The molecule has 0 spiro atoms. The number of methoxy groups -OCH3 is 2. The van der Waals surface area contributed by atoms with Crippen molar-refractivity contribution in [3.05, 3.63) is 39.7 Å². The van der Waals surface area contributed by atoms with E-state index in [0.29, 0.717) is 16.7 Å². The number of halogens is 1. The zero-order chi connectivity index (χ0) is 14.0. The van der Waals surface area contributed by atoms with Crippen LogP contribution in [0.2, 0.25) is 0 Å². The lowest BCUT2D eigenvalue weighted by molar-refractivity contribution is 0.0565. The van der Waals surface area contributed by atoms with Crippen molar-refractivity contribution in [1.82, 2.24) is 0 Å². The monoisotopic (exact) mass is 282 g/mol. The third kappa shape index (κ3) is 2.29. The van der Waals surface area contributed by atoms with E-state index in [1.165, 1.54) is 14.2 Å². The van der Waals surface area contributed by atoms with Crippen LogP contribution >= 0.6 is 11.6 Å². The molecule has 5 nitrogen and oxygen atoms in total. The number of rotatable bonds is 3. The molecule has 0 amide bonds. The van der Waals surface area contributed by atoms with Crippen LogP contribution in [0.15, 0.2) is 27.4 Å². The first-order chi connectivity index (χ1) is 9.12. The Morgan fingerprint density at radius 1 is 1.37 bits per heavy atom. The van der Waals surface area contributed by atoms with Crippen molar-refractivity contribution in [2.24, 2.45) is 0 Å². The first-order valence-corrected chi connectivity index (χ1v) is 5.93. The second-order valence-electron chi connectivity index (χ2n) is 3.72. The molecule has 100 valence electrons. The predicted molar refractivity (Wildman–Crippen MR) is 69.9 cm³/mol. The number of esters is 1. The molecule has 0 aliphatic carbocycles. The van der Waals surface area contributed by atoms with Gasteiger partial charge in [-0.05, 0) is 12.1 Å². The number of hydrogen-bond acceptors (Lipinski definition) is 5. The Hall–Kier alpha value is -2.01. The van der Waals surface area contributed by atoms with Gasteiger partial charge in [0.1, 0.15) is 11.3 Å². The minimum atomic E-state index is -0.720. The summed E-state index contributed by atoms with van der Waals surface area (Å²) in [6, 6.07) is 4.30. The SMILES string of the molecule is COC(=O)c1cc(=O)c2ccc(OC)c(CCl)c2o1. The standard InChI is InChI=1S/C13H11ClO5/c1-17-10-4-3-7-9(15)5-11(13(16)18-2)19-12(7)8(10)6-14/h3-5H,6H2,1-2H3. The van der Waals surface area contributed by atoms with E-state index >= 15 is 0 Å². The summed E-state index contributed by atoms with van der Waals surface area (Å²) in [6.07, 6.45) is 0. The quantitative estimate of drug-likeness (QED) is 0.638. The van der Waals surface area contributed by atoms with Crippen LogP contribution in [0.5, 0.6) is 5.75 Å². The number of ether oxygens (including phenoxy) is 2. The normalized spacial score (nSPS) is 10.5. The molecule has 0 radical (unpaired) electrons. The van der Waals surface area contributed by atoms with E-state index < -0.39 is 5.97 Å². The van der Waals surface area contributed by atoms with Gasteiger partial charge in [0.25, 0.3) is 0 Å². The molecule has 0 saturated carbocycles. The van der Waals surface area contributed by atoms with Crippen molar-refractivity contribution in [3.63, 3.8) is 0 Å². The summed E-state index contributed by atoms with van der Waals surface area (Å²) in [6.45, 7) is 0. The lowest BCUT2D eigenvalue weighted by Crippen LogP contribution is -2.09. The van der Waals surface area contributed by atoms with Crippen LogP contribution < -0.4 is 10.2 Å². The van der Waals surface area contributed by atoms with Gasteiger partial charge in [-0.25, -0.2) is 4.79 Å². The first-order valence-electron chi connectivity index (χ1n) is 5.40. The topological polar surface area (TPSA) is 65.7 Å².